The summed E-state index contributed by atoms with van der Waals surface area (Å²) in [5.41, 5.74) is 2.48. The monoisotopic (exact) mass is 368 g/mol. The lowest BCUT2D eigenvalue weighted by atomic mass is 10.1. The van der Waals surface area contributed by atoms with Gasteiger partial charge >= 0.3 is 0 Å². The molecule has 1 amide bonds. The molecule has 0 N–H and O–H groups in total. The fourth-order valence-electron chi connectivity index (χ4n) is 3.49. The van der Waals surface area contributed by atoms with Crippen molar-refractivity contribution in [3.63, 3.8) is 0 Å². The Morgan fingerprint density at radius 1 is 1.07 bits per heavy atom. The third kappa shape index (κ3) is 3.23. The van der Waals surface area contributed by atoms with Gasteiger partial charge in [-0.05, 0) is 49.4 Å². The minimum absolute atomic E-state index is 0.0959. The molecule has 1 aliphatic rings. The van der Waals surface area contributed by atoms with Gasteiger partial charge in [0.1, 0.15) is 17.1 Å². The van der Waals surface area contributed by atoms with Crippen molar-refractivity contribution in [2.75, 3.05) is 38.2 Å². The van der Waals surface area contributed by atoms with E-state index in [-0.39, 0.29) is 11.7 Å². The Morgan fingerprint density at radius 3 is 2.44 bits per heavy atom. The maximum atomic E-state index is 13.1. The van der Waals surface area contributed by atoms with Crippen LogP contribution in [0, 0.1) is 12.7 Å². The molecule has 0 bridgehead atoms. The fraction of sp³-hybridized carbons (Fsp3) is 0.286. The number of amides is 1. The lowest BCUT2D eigenvalue weighted by molar-refractivity contribution is 0.0716. The number of piperazine rings is 1. The molecular weight excluding hydrogens is 347 g/mol. The minimum atomic E-state index is -0.246. The quantitative estimate of drug-likeness (QED) is 0.704. The van der Waals surface area contributed by atoms with Crippen molar-refractivity contribution in [1.82, 2.24) is 4.90 Å². The molecule has 1 aliphatic heterocycles. The molecule has 0 radical (unpaired) electrons. The van der Waals surface area contributed by atoms with Gasteiger partial charge in [0.2, 0.25) is 0 Å². The van der Waals surface area contributed by atoms with E-state index in [2.05, 4.69) is 4.90 Å². The number of nitrogens with zero attached hydrogens (tertiary/aromatic N) is 2. The van der Waals surface area contributed by atoms with Crippen molar-refractivity contribution in [1.29, 1.82) is 0 Å². The van der Waals surface area contributed by atoms with Gasteiger partial charge in [-0.1, -0.05) is 0 Å². The summed E-state index contributed by atoms with van der Waals surface area (Å²) in [5.74, 6) is 0.776. The van der Waals surface area contributed by atoms with E-state index in [0.717, 1.165) is 22.4 Å². The molecule has 0 saturated carbocycles. The molecule has 140 valence electrons. The van der Waals surface area contributed by atoms with Crippen LogP contribution in [0.3, 0.4) is 0 Å². The van der Waals surface area contributed by atoms with Gasteiger partial charge in [-0.2, -0.15) is 0 Å². The van der Waals surface area contributed by atoms with E-state index in [9.17, 15) is 9.18 Å². The molecule has 2 aromatic carbocycles. The highest BCUT2D eigenvalue weighted by Gasteiger charge is 2.27. The number of fused-ring (bicyclic) bond motifs is 1. The number of ether oxygens (including phenoxy) is 1. The van der Waals surface area contributed by atoms with Crippen LogP contribution >= 0.6 is 0 Å². The van der Waals surface area contributed by atoms with E-state index in [1.807, 2.05) is 30.0 Å². The number of hydrogen-bond donors (Lipinski definition) is 0. The summed E-state index contributed by atoms with van der Waals surface area (Å²) in [5, 5.41) is 0.891. The minimum Gasteiger partial charge on any atom is -0.497 e. The summed E-state index contributed by atoms with van der Waals surface area (Å²) in [4.78, 5) is 16.9. The van der Waals surface area contributed by atoms with E-state index >= 15 is 0 Å². The number of halogens is 1. The first-order valence-electron chi connectivity index (χ1n) is 8.94. The molecule has 0 unspecified atom stereocenters. The maximum absolute atomic E-state index is 13.1. The average Bonchev–Trinajstić information content (AvgIpc) is 3.04. The Balaban J connectivity index is 1.50. The Morgan fingerprint density at radius 2 is 1.78 bits per heavy atom. The third-order valence-electron chi connectivity index (χ3n) is 5.10. The van der Waals surface area contributed by atoms with Crippen LogP contribution in [0.5, 0.6) is 5.75 Å². The van der Waals surface area contributed by atoms with Crippen LogP contribution in [0.15, 0.2) is 46.9 Å². The number of furan rings is 1. The second kappa shape index (κ2) is 6.95. The number of benzene rings is 2. The SMILES string of the molecule is COc1ccc2oc(C(=O)N3CCN(c4ccc(F)cc4)CC3)c(C)c2c1. The Hall–Kier alpha value is -3.02. The van der Waals surface area contributed by atoms with Crippen molar-refractivity contribution in [2.24, 2.45) is 0 Å². The summed E-state index contributed by atoms with van der Waals surface area (Å²) in [7, 11) is 1.61. The number of carbonyl (C=O) groups is 1. The number of anilines is 1. The van der Waals surface area contributed by atoms with E-state index in [1.165, 1.54) is 12.1 Å². The highest BCUT2D eigenvalue weighted by atomic mass is 19.1. The largest absolute Gasteiger partial charge is 0.497 e. The molecule has 1 saturated heterocycles. The van der Waals surface area contributed by atoms with Gasteiger partial charge in [0.25, 0.3) is 5.91 Å². The fourth-order valence-corrected chi connectivity index (χ4v) is 3.49. The molecule has 0 spiro atoms. The van der Waals surface area contributed by atoms with Crippen molar-refractivity contribution in [3.05, 3.63) is 59.6 Å². The van der Waals surface area contributed by atoms with Crippen molar-refractivity contribution >= 4 is 22.6 Å². The lowest BCUT2D eigenvalue weighted by Crippen LogP contribution is -2.48. The first-order valence-corrected chi connectivity index (χ1v) is 8.94. The number of carbonyl (C=O) groups excluding carboxylic acids is 1. The van der Waals surface area contributed by atoms with E-state index < -0.39 is 0 Å². The molecule has 2 heterocycles. The third-order valence-corrected chi connectivity index (χ3v) is 5.10. The predicted octanol–water partition coefficient (Wildman–Crippen LogP) is 3.85. The normalized spacial score (nSPS) is 14.6. The average molecular weight is 368 g/mol. The summed E-state index contributed by atoms with van der Waals surface area (Å²) in [6, 6.07) is 12.0. The maximum Gasteiger partial charge on any atom is 0.290 e. The number of hydrogen-bond acceptors (Lipinski definition) is 4. The van der Waals surface area contributed by atoms with Gasteiger partial charge in [0.15, 0.2) is 5.76 Å². The first kappa shape index (κ1) is 17.4. The van der Waals surface area contributed by atoms with E-state index in [1.54, 1.807) is 19.2 Å². The van der Waals surface area contributed by atoms with Gasteiger partial charge < -0.3 is 19.0 Å². The zero-order chi connectivity index (χ0) is 19.0. The van der Waals surface area contributed by atoms with E-state index in [4.69, 9.17) is 9.15 Å². The highest BCUT2D eigenvalue weighted by Crippen LogP contribution is 2.30. The molecular formula is C21H21FN2O3. The summed E-state index contributed by atoms with van der Waals surface area (Å²) in [6.45, 7) is 4.48. The molecule has 4 rings (SSSR count). The van der Waals surface area contributed by atoms with Crippen LogP contribution in [0.2, 0.25) is 0 Å². The van der Waals surface area contributed by atoms with Crippen LogP contribution in [0.1, 0.15) is 16.1 Å². The zero-order valence-electron chi connectivity index (χ0n) is 15.4. The molecule has 0 aliphatic carbocycles. The van der Waals surface area contributed by atoms with Gasteiger partial charge in [0, 0.05) is 42.8 Å². The molecule has 3 aromatic rings. The number of methoxy groups -OCH3 is 1. The van der Waals surface area contributed by atoms with Gasteiger partial charge in [-0.15, -0.1) is 0 Å². The molecule has 6 heteroatoms. The van der Waals surface area contributed by atoms with Crippen molar-refractivity contribution in [2.45, 2.75) is 6.92 Å². The summed E-state index contributed by atoms with van der Waals surface area (Å²) in [6.07, 6.45) is 0. The number of rotatable bonds is 3. The van der Waals surface area contributed by atoms with Gasteiger partial charge in [-0.3, -0.25) is 4.79 Å². The second-order valence-electron chi connectivity index (χ2n) is 6.67. The first-order chi connectivity index (χ1) is 13.1. The summed E-state index contributed by atoms with van der Waals surface area (Å²) >= 11 is 0. The molecule has 0 atom stereocenters. The van der Waals surface area contributed by atoms with E-state index in [0.29, 0.717) is 37.5 Å². The summed E-state index contributed by atoms with van der Waals surface area (Å²) < 4.78 is 24.2. The smallest absolute Gasteiger partial charge is 0.290 e. The Bertz CT molecular complexity index is 973. The van der Waals surface area contributed by atoms with Gasteiger partial charge in [0.05, 0.1) is 7.11 Å². The zero-order valence-corrected chi connectivity index (χ0v) is 15.4. The van der Waals surface area contributed by atoms with Crippen LogP contribution < -0.4 is 9.64 Å². The van der Waals surface area contributed by atoms with Crippen LogP contribution in [-0.4, -0.2) is 44.1 Å². The number of aryl methyl sites for hydroxylation is 1. The standard InChI is InChI=1S/C21H21FN2O3/c1-14-18-13-17(26-2)7-8-19(18)27-20(14)21(25)24-11-9-23(10-12-24)16-5-3-15(22)4-6-16/h3-8,13H,9-12H2,1-2H3. The topological polar surface area (TPSA) is 45.9 Å². The van der Waals surface area contributed by atoms with Crippen LogP contribution in [0.25, 0.3) is 11.0 Å². The van der Waals surface area contributed by atoms with Crippen LogP contribution in [-0.2, 0) is 0 Å². The highest BCUT2D eigenvalue weighted by molar-refractivity contribution is 5.99. The molecule has 1 aromatic heterocycles. The van der Waals surface area contributed by atoms with Gasteiger partial charge in [-0.25, -0.2) is 4.39 Å². The second-order valence-corrected chi connectivity index (χ2v) is 6.67. The molecule has 5 nitrogen and oxygen atoms in total. The van der Waals surface area contributed by atoms with Crippen LogP contribution in [0.4, 0.5) is 10.1 Å². The molecule has 27 heavy (non-hydrogen) atoms. The Kier molecular flexibility index (Phi) is 4.48. The Labute approximate surface area is 156 Å². The molecule has 1 fully saturated rings. The lowest BCUT2D eigenvalue weighted by Gasteiger charge is -2.35. The van der Waals surface area contributed by atoms with Crippen molar-refractivity contribution in [3.8, 4) is 5.75 Å². The van der Waals surface area contributed by atoms with Crippen molar-refractivity contribution < 1.29 is 18.3 Å². The predicted molar refractivity (Wildman–Crippen MR) is 102 cm³/mol.